The Morgan fingerprint density at radius 1 is 1.30 bits per heavy atom. The Hall–Kier alpha value is -2.53. The zero-order valence-electron chi connectivity index (χ0n) is 17.5. The van der Waals surface area contributed by atoms with Gasteiger partial charge in [-0.05, 0) is 26.5 Å². The molecule has 27 heavy (non-hydrogen) atoms. The topological polar surface area (TPSA) is 46.1 Å². The number of allylic oxidation sites excluding steroid dienone is 4. The van der Waals surface area contributed by atoms with Crippen molar-refractivity contribution in [3.63, 3.8) is 0 Å². The predicted octanol–water partition coefficient (Wildman–Crippen LogP) is 4.00. The SMILES string of the molecule is C=C(/C=C\C=C/C)CCN(C)C(=NC)C(NC)c1cccc(OC)c1OC. The molecular formula is C22H33N3O2. The molecule has 0 radical (unpaired) electrons. The minimum Gasteiger partial charge on any atom is -0.493 e. The maximum atomic E-state index is 5.61. The third-order valence-corrected chi connectivity index (χ3v) is 4.32. The van der Waals surface area contributed by atoms with Gasteiger partial charge in [0.1, 0.15) is 5.84 Å². The summed E-state index contributed by atoms with van der Waals surface area (Å²) >= 11 is 0. The second kappa shape index (κ2) is 12.0. The van der Waals surface area contributed by atoms with Gasteiger partial charge in [0.15, 0.2) is 11.5 Å². The van der Waals surface area contributed by atoms with E-state index in [4.69, 9.17) is 9.47 Å². The average molecular weight is 372 g/mol. The van der Waals surface area contributed by atoms with Crippen molar-refractivity contribution >= 4 is 5.84 Å². The third kappa shape index (κ3) is 6.29. The maximum Gasteiger partial charge on any atom is 0.165 e. The van der Waals surface area contributed by atoms with Gasteiger partial charge in [0.25, 0.3) is 0 Å². The fourth-order valence-corrected chi connectivity index (χ4v) is 2.90. The highest BCUT2D eigenvalue weighted by Gasteiger charge is 2.24. The lowest BCUT2D eigenvalue weighted by Gasteiger charge is -2.29. The standard InChI is InChI=1S/C22H33N3O2/c1-8-9-10-12-17(2)15-16-25(5)22(24-4)20(23-3)18-13-11-14-19(26-6)21(18)27-7/h8-14,20,23H,2,15-16H2,1,3-7H3/b9-8-,12-10-,24-22?. The van der Waals surface area contributed by atoms with E-state index in [9.17, 15) is 0 Å². The quantitative estimate of drug-likeness (QED) is 0.384. The van der Waals surface area contributed by atoms with Crippen LogP contribution in [0.4, 0.5) is 0 Å². The number of para-hydroxylation sites is 1. The number of likely N-dealkylation sites (N-methyl/N-ethyl adjacent to an activating group) is 2. The number of rotatable bonds is 10. The van der Waals surface area contributed by atoms with E-state index < -0.39 is 0 Å². The average Bonchev–Trinajstić information content (AvgIpc) is 2.69. The van der Waals surface area contributed by atoms with E-state index in [2.05, 4.69) is 21.8 Å². The Morgan fingerprint density at radius 2 is 2.04 bits per heavy atom. The first-order valence-electron chi connectivity index (χ1n) is 9.07. The molecule has 0 aromatic heterocycles. The lowest BCUT2D eigenvalue weighted by atomic mass is 10.0. The predicted molar refractivity (Wildman–Crippen MR) is 115 cm³/mol. The molecular weight excluding hydrogens is 338 g/mol. The van der Waals surface area contributed by atoms with E-state index in [1.54, 1.807) is 14.2 Å². The van der Waals surface area contributed by atoms with E-state index in [0.29, 0.717) is 11.5 Å². The van der Waals surface area contributed by atoms with Crippen LogP contribution in [0.15, 0.2) is 59.6 Å². The van der Waals surface area contributed by atoms with Gasteiger partial charge in [0.05, 0.1) is 20.3 Å². The largest absolute Gasteiger partial charge is 0.493 e. The van der Waals surface area contributed by atoms with Crippen molar-refractivity contribution in [3.05, 3.63) is 60.2 Å². The van der Waals surface area contributed by atoms with E-state index in [0.717, 1.165) is 29.9 Å². The fraction of sp³-hybridized carbons (Fsp3) is 0.409. The summed E-state index contributed by atoms with van der Waals surface area (Å²) in [6.07, 6.45) is 8.90. The van der Waals surface area contributed by atoms with Gasteiger partial charge in [-0.15, -0.1) is 0 Å². The van der Waals surface area contributed by atoms with Crippen LogP contribution in [-0.4, -0.2) is 52.6 Å². The Morgan fingerprint density at radius 3 is 2.59 bits per heavy atom. The number of methoxy groups -OCH3 is 2. The highest BCUT2D eigenvalue weighted by atomic mass is 16.5. The molecule has 0 bridgehead atoms. The van der Waals surface area contributed by atoms with Crippen LogP contribution in [0.1, 0.15) is 24.9 Å². The van der Waals surface area contributed by atoms with Crippen LogP contribution >= 0.6 is 0 Å². The van der Waals surface area contributed by atoms with Gasteiger partial charge in [-0.2, -0.15) is 0 Å². The number of hydrogen-bond donors (Lipinski definition) is 1. The molecule has 1 atom stereocenters. The van der Waals surface area contributed by atoms with Gasteiger partial charge in [0.2, 0.25) is 0 Å². The molecule has 5 heteroatoms. The van der Waals surface area contributed by atoms with E-state index in [1.807, 2.05) is 70.6 Å². The van der Waals surface area contributed by atoms with Gasteiger partial charge in [-0.1, -0.05) is 48.6 Å². The number of nitrogens with zero attached hydrogens (tertiary/aromatic N) is 2. The molecule has 1 rings (SSSR count). The molecule has 0 saturated heterocycles. The van der Waals surface area contributed by atoms with Gasteiger partial charge >= 0.3 is 0 Å². The fourth-order valence-electron chi connectivity index (χ4n) is 2.90. The van der Waals surface area contributed by atoms with Crippen LogP contribution < -0.4 is 14.8 Å². The van der Waals surface area contributed by atoms with E-state index >= 15 is 0 Å². The first-order valence-corrected chi connectivity index (χ1v) is 9.07. The van der Waals surface area contributed by atoms with Crippen molar-refractivity contribution in [2.45, 2.75) is 19.4 Å². The highest BCUT2D eigenvalue weighted by Crippen LogP contribution is 2.35. The first-order chi connectivity index (χ1) is 13.0. The molecule has 148 valence electrons. The molecule has 0 saturated carbocycles. The lowest BCUT2D eigenvalue weighted by molar-refractivity contribution is 0.349. The molecule has 0 fully saturated rings. The van der Waals surface area contributed by atoms with Crippen molar-refractivity contribution in [3.8, 4) is 11.5 Å². The second-order valence-corrected chi connectivity index (χ2v) is 6.10. The summed E-state index contributed by atoms with van der Waals surface area (Å²) in [5.74, 6) is 2.35. The molecule has 0 aliphatic heterocycles. The van der Waals surface area contributed by atoms with Crippen LogP contribution in [0.3, 0.4) is 0 Å². The monoisotopic (exact) mass is 371 g/mol. The molecule has 1 N–H and O–H groups in total. The molecule has 0 amide bonds. The number of ether oxygens (including phenoxy) is 2. The summed E-state index contributed by atoms with van der Waals surface area (Å²) in [6.45, 7) is 6.93. The first kappa shape index (κ1) is 22.5. The Labute approximate surface area is 164 Å². The number of amidine groups is 1. The summed E-state index contributed by atoms with van der Waals surface area (Å²) in [7, 11) is 9.07. The molecule has 0 heterocycles. The van der Waals surface area contributed by atoms with Crippen molar-refractivity contribution in [1.82, 2.24) is 10.2 Å². The normalized spacial score (nSPS) is 13.2. The lowest BCUT2D eigenvalue weighted by Crippen LogP contribution is -2.38. The van der Waals surface area contributed by atoms with Crippen LogP contribution in [0.5, 0.6) is 11.5 Å². The summed E-state index contributed by atoms with van der Waals surface area (Å²) in [6, 6.07) is 5.77. The van der Waals surface area contributed by atoms with Gasteiger partial charge in [-0.25, -0.2) is 0 Å². The summed E-state index contributed by atoms with van der Waals surface area (Å²) < 4.78 is 11.0. The van der Waals surface area contributed by atoms with Crippen LogP contribution in [-0.2, 0) is 0 Å². The molecule has 0 spiro atoms. The minimum atomic E-state index is -0.114. The van der Waals surface area contributed by atoms with Crippen LogP contribution in [0, 0.1) is 0 Å². The summed E-state index contributed by atoms with van der Waals surface area (Å²) in [4.78, 5) is 6.69. The highest BCUT2D eigenvalue weighted by molar-refractivity contribution is 5.89. The van der Waals surface area contributed by atoms with Gasteiger partial charge in [0, 0.05) is 26.2 Å². The number of nitrogens with one attached hydrogen (secondary N) is 1. The Balaban J connectivity index is 3.00. The van der Waals surface area contributed by atoms with E-state index in [-0.39, 0.29) is 6.04 Å². The molecule has 1 unspecified atom stereocenters. The minimum absolute atomic E-state index is 0.114. The molecule has 1 aromatic rings. The van der Waals surface area contributed by atoms with Crippen LogP contribution in [0.25, 0.3) is 0 Å². The Bertz CT molecular complexity index is 693. The number of hydrogen-bond acceptors (Lipinski definition) is 4. The maximum absolute atomic E-state index is 5.61. The molecule has 0 aliphatic rings. The van der Waals surface area contributed by atoms with Crippen molar-refractivity contribution in [1.29, 1.82) is 0 Å². The number of benzene rings is 1. The zero-order valence-corrected chi connectivity index (χ0v) is 17.5. The van der Waals surface area contributed by atoms with Crippen LogP contribution in [0.2, 0.25) is 0 Å². The zero-order chi connectivity index (χ0) is 20.2. The Kier molecular flexibility index (Phi) is 9.98. The summed E-state index contributed by atoms with van der Waals surface area (Å²) in [5, 5.41) is 3.35. The molecule has 1 aromatic carbocycles. The van der Waals surface area contributed by atoms with Gasteiger partial charge in [-0.3, -0.25) is 4.99 Å². The van der Waals surface area contributed by atoms with Crippen molar-refractivity contribution in [2.75, 3.05) is 41.9 Å². The smallest absolute Gasteiger partial charge is 0.165 e. The molecule has 5 nitrogen and oxygen atoms in total. The number of aliphatic imine (C=N–C) groups is 1. The second-order valence-electron chi connectivity index (χ2n) is 6.10. The molecule has 0 aliphatic carbocycles. The van der Waals surface area contributed by atoms with E-state index in [1.165, 1.54) is 0 Å². The van der Waals surface area contributed by atoms with Crippen molar-refractivity contribution < 1.29 is 9.47 Å². The summed E-state index contributed by atoms with van der Waals surface area (Å²) in [5.41, 5.74) is 2.06. The third-order valence-electron chi connectivity index (χ3n) is 4.32. The van der Waals surface area contributed by atoms with Gasteiger partial charge < -0.3 is 19.7 Å². The van der Waals surface area contributed by atoms with Crippen molar-refractivity contribution in [2.24, 2.45) is 4.99 Å².